The van der Waals surface area contributed by atoms with Gasteiger partial charge in [0.15, 0.2) is 6.79 Å². The second kappa shape index (κ2) is 9.88. The van der Waals surface area contributed by atoms with Crippen LogP contribution in [0.2, 0.25) is 0 Å². The van der Waals surface area contributed by atoms with Gasteiger partial charge in [-0.3, -0.25) is 14.2 Å². The van der Waals surface area contributed by atoms with Crippen molar-refractivity contribution in [2.24, 2.45) is 5.73 Å². The number of aromatic nitrogens is 2. The zero-order chi connectivity index (χ0) is 24.3. The topological polar surface area (TPSA) is 141 Å². The van der Waals surface area contributed by atoms with E-state index >= 15 is 0 Å². The van der Waals surface area contributed by atoms with Crippen molar-refractivity contribution < 1.29 is 23.7 Å². The molecule has 0 fully saturated rings. The molecule has 176 valence electrons. The van der Waals surface area contributed by atoms with Crippen LogP contribution in [0, 0.1) is 20.8 Å². The fourth-order valence-electron chi connectivity index (χ4n) is 3.69. The van der Waals surface area contributed by atoms with Crippen LogP contribution in [0.5, 0.6) is 11.6 Å². The van der Waals surface area contributed by atoms with Gasteiger partial charge in [0.2, 0.25) is 5.88 Å². The number of nitrogens with two attached hydrogens (primary N) is 2. The van der Waals surface area contributed by atoms with E-state index in [0.29, 0.717) is 29.2 Å². The summed E-state index contributed by atoms with van der Waals surface area (Å²) in [7, 11) is 3.07. The Kier molecular flexibility index (Phi) is 7.19. The van der Waals surface area contributed by atoms with Crippen LogP contribution < -0.4 is 26.5 Å². The second-order valence-corrected chi connectivity index (χ2v) is 7.52. The number of rotatable bonds is 9. The number of ether oxygens (including phenoxy) is 4. The van der Waals surface area contributed by atoms with Crippen LogP contribution in [0.3, 0.4) is 0 Å². The van der Waals surface area contributed by atoms with Gasteiger partial charge in [0.25, 0.3) is 11.5 Å². The van der Waals surface area contributed by atoms with Crippen molar-refractivity contribution in [2.45, 2.75) is 20.8 Å². The Hall–Kier alpha value is -3.63. The van der Waals surface area contributed by atoms with Gasteiger partial charge in [0, 0.05) is 25.3 Å². The van der Waals surface area contributed by atoms with E-state index in [1.165, 1.54) is 11.7 Å². The van der Waals surface area contributed by atoms with Crippen molar-refractivity contribution in [1.29, 1.82) is 0 Å². The molecular weight excluding hydrogens is 428 g/mol. The molecule has 0 spiro atoms. The molecule has 1 amide bonds. The Morgan fingerprint density at radius 2 is 1.79 bits per heavy atom. The van der Waals surface area contributed by atoms with Gasteiger partial charge in [0.05, 0.1) is 23.2 Å². The van der Waals surface area contributed by atoms with E-state index in [9.17, 15) is 9.59 Å². The SMILES string of the molecule is COCCOc1nc2c(C(N)=O)c(N)n(-c3c(C)ccc(OCOC)c3C)c(=O)c2cc1C. The fraction of sp³-hybridized carbons (Fsp3) is 0.348. The molecule has 0 aliphatic heterocycles. The number of anilines is 1. The summed E-state index contributed by atoms with van der Waals surface area (Å²) in [6.07, 6.45) is 0. The highest BCUT2D eigenvalue weighted by Crippen LogP contribution is 2.32. The maximum atomic E-state index is 13.6. The molecule has 0 atom stereocenters. The zero-order valence-electron chi connectivity index (χ0n) is 19.4. The third-order valence-corrected chi connectivity index (χ3v) is 5.25. The first-order valence-electron chi connectivity index (χ1n) is 10.2. The highest BCUT2D eigenvalue weighted by atomic mass is 16.7. The monoisotopic (exact) mass is 456 g/mol. The lowest BCUT2D eigenvalue weighted by molar-refractivity contribution is 0.0506. The van der Waals surface area contributed by atoms with Crippen LogP contribution in [0.25, 0.3) is 16.6 Å². The number of hydrogen-bond donors (Lipinski definition) is 2. The number of primary amides is 1. The van der Waals surface area contributed by atoms with E-state index < -0.39 is 11.5 Å². The zero-order valence-corrected chi connectivity index (χ0v) is 19.4. The summed E-state index contributed by atoms with van der Waals surface area (Å²) < 4.78 is 22.5. The van der Waals surface area contributed by atoms with Crippen LogP contribution in [0.4, 0.5) is 5.82 Å². The molecule has 4 N–H and O–H groups in total. The Balaban J connectivity index is 2.35. The second-order valence-electron chi connectivity index (χ2n) is 7.52. The minimum Gasteiger partial charge on any atom is -0.475 e. The number of carbonyl (C=O) groups is 1. The lowest BCUT2D eigenvalue weighted by Crippen LogP contribution is -2.28. The lowest BCUT2D eigenvalue weighted by atomic mass is 10.0. The molecular formula is C23H28N4O6. The smallest absolute Gasteiger partial charge is 0.266 e. The van der Waals surface area contributed by atoms with Crippen molar-refractivity contribution in [1.82, 2.24) is 9.55 Å². The number of methoxy groups -OCH3 is 2. The van der Waals surface area contributed by atoms with Crippen LogP contribution >= 0.6 is 0 Å². The molecule has 0 saturated heterocycles. The number of pyridine rings is 2. The Labute approximate surface area is 191 Å². The Bertz CT molecular complexity index is 1270. The molecule has 10 heteroatoms. The summed E-state index contributed by atoms with van der Waals surface area (Å²) in [4.78, 5) is 30.5. The Morgan fingerprint density at radius 1 is 1.06 bits per heavy atom. The van der Waals surface area contributed by atoms with E-state index in [1.807, 2.05) is 6.92 Å². The third-order valence-electron chi connectivity index (χ3n) is 5.25. The summed E-state index contributed by atoms with van der Waals surface area (Å²) in [5.74, 6) is -0.150. The van der Waals surface area contributed by atoms with Crippen molar-refractivity contribution in [3.63, 3.8) is 0 Å². The van der Waals surface area contributed by atoms with E-state index in [2.05, 4.69) is 4.98 Å². The summed E-state index contributed by atoms with van der Waals surface area (Å²) in [5, 5.41) is 0.191. The van der Waals surface area contributed by atoms with Crippen molar-refractivity contribution in [3.05, 3.63) is 50.8 Å². The predicted molar refractivity (Wildman–Crippen MR) is 124 cm³/mol. The highest BCUT2D eigenvalue weighted by Gasteiger charge is 2.24. The number of aryl methyl sites for hydroxylation is 2. The standard InChI is InChI=1S/C23H28N4O6/c1-12-6-7-16(33-11-31-5)14(3)19(12)27-20(24)17(21(25)28)18-15(23(27)29)10-13(2)22(26-18)32-9-8-30-4/h6-7,10H,8-9,11,24H2,1-5H3,(H2,25,28). The summed E-state index contributed by atoms with van der Waals surface area (Å²) in [6.45, 7) is 6.02. The van der Waals surface area contributed by atoms with Gasteiger partial charge < -0.3 is 30.4 Å². The van der Waals surface area contributed by atoms with Crippen LogP contribution in [0.15, 0.2) is 23.0 Å². The van der Waals surface area contributed by atoms with Crippen LogP contribution in [-0.4, -0.2) is 49.7 Å². The first-order valence-corrected chi connectivity index (χ1v) is 10.2. The van der Waals surface area contributed by atoms with Crippen molar-refractivity contribution in [2.75, 3.05) is 40.0 Å². The average molecular weight is 456 g/mol. The molecule has 0 unspecified atom stereocenters. The molecule has 2 heterocycles. The molecule has 0 saturated carbocycles. The van der Waals surface area contributed by atoms with Gasteiger partial charge in [0.1, 0.15) is 23.7 Å². The van der Waals surface area contributed by atoms with Gasteiger partial charge >= 0.3 is 0 Å². The molecule has 2 aromatic heterocycles. The molecule has 33 heavy (non-hydrogen) atoms. The molecule has 10 nitrogen and oxygen atoms in total. The normalized spacial score (nSPS) is 11.1. The highest BCUT2D eigenvalue weighted by molar-refractivity contribution is 6.08. The predicted octanol–water partition coefficient (Wildman–Crippen LogP) is 2.00. The maximum absolute atomic E-state index is 13.6. The van der Waals surface area contributed by atoms with E-state index in [-0.39, 0.29) is 41.6 Å². The third kappa shape index (κ3) is 4.48. The quantitative estimate of drug-likeness (QED) is 0.368. The molecule has 3 aromatic rings. The van der Waals surface area contributed by atoms with Crippen molar-refractivity contribution in [3.8, 4) is 17.3 Å². The molecule has 1 aromatic carbocycles. The fourth-order valence-corrected chi connectivity index (χ4v) is 3.69. The summed E-state index contributed by atoms with van der Waals surface area (Å²) in [6, 6.07) is 5.19. The largest absolute Gasteiger partial charge is 0.475 e. The average Bonchev–Trinajstić information content (AvgIpc) is 2.76. The first-order chi connectivity index (χ1) is 15.7. The van der Waals surface area contributed by atoms with Crippen LogP contribution in [0.1, 0.15) is 27.0 Å². The van der Waals surface area contributed by atoms with E-state index in [4.69, 9.17) is 30.4 Å². The maximum Gasteiger partial charge on any atom is 0.266 e. The van der Waals surface area contributed by atoms with Gasteiger partial charge in [-0.1, -0.05) is 6.07 Å². The number of benzene rings is 1. The van der Waals surface area contributed by atoms with Crippen molar-refractivity contribution >= 4 is 22.6 Å². The lowest BCUT2D eigenvalue weighted by Gasteiger charge is -2.20. The van der Waals surface area contributed by atoms with E-state index in [1.54, 1.807) is 39.2 Å². The van der Waals surface area contributed by atoms with Gasteiger partial charge in [-0.2, -0.15) is 0 Å². The molecule has 3 rings (SSSR count). The number of fused-ring (bicyclic) bond motifs is 1. The first kappa shape index (κ1) is 24.0. The van der Waals surface area contributed by atoms with E-state index in [0.717, 1.165) is 5.56 Å². The van der Waals surface area contributed by atoms with Gasteiger partial charge in [-0.15, -0.1) is 0 Å². The molecule has 0 bridgehead atoms. The minimum atomic E-state index is -0.812. The number of carbonyl (C=O) groups excluding carboxylic acids is 1. The van der Waals surface area contributed by atoms with Crippen LogP contribution in [-0.2, 0) is 9.47 Å². The summed E-state index contributed by atoms with van der Waals surface area (Å²) in [5.41, 5.74) is 14.2. The van der Waals surface area contributed by atoms with Gasteiger partial charge in [-0.25, -0.2) is 4.98 Å². The number of amides is 1. The minimum absolute atomic E-state index is 0.0347. The Morgan fingerprint density at radius 3 is 2.42 bits per heavy atom. The van der Waals surface area contributed by atoms with Gasteiger partial charge in [-0.05, 0) is 38.5 Å². The molecule has 0 aliphatic carbocycles. The number of hydrogen-bond acceptors (Lipinski definition) is 8. The summed E-state index contributed by atoms with van der Waals surface area (Å²) >= 11 is 0. The molecule has 0 aliphatic rings. The number of nitrogen functional groups attached to an aromatic ring is 1. The number of nitrogens with zero attached hydrogens (tertiary/aromatic N) is 2. The molecule has 0 radical (unpaired) electrons.